The molecule has 1 N–H and O–H groups in total. The van der Waals surface area contributed by atoms with Crippen LogP contribution in [0.5, 0.6) is 0 Å². The third-order valence-electron chi connectivity index (χ3n) is 3.86. The van der Waals surface area contributed by atoms with Gasteiger partial charge in [-0.3, -0.25) is 14.6 Å². The zero-order valence-corrected chi connectivity index (χ0v) is 14.3. The molecule has 0 spiro atoms. The normalized spacial score (nSPS) is 11.6. The summed E-state index contributed by atoms with van der Waals surface area (Å²) in [7, 11) is 3.34. The van der Waals surface area contributed by atoms with Crippen molar-refractivity contribution in [1.82, 2.24) is 9.88 Å². The number of nitrogens with one attached hydrogen (secondary N) is 1. The Kier molecular flexibility index (Phi) is 6.07. The van der Waals surface area contributed by atoms with Crippen molar-refractivity contribution in [2.75, 3.05) is 19.4 Å². The van der Waals surface area contributed by atoms with Crippen LogP contribution in [0.1, 0.15) is 41.7 Å². The Morgan fingerprint density at radius 2 is 1.88 bits per heavy atom. The lowest BCUT2D eigenvalue weighted by atomic mass is 9.93. The fraction of sp³-hybridized carbons (Fsp3) is 0.316. The number of hydrogen-bond donors (Lipinski definition) is 1. The molecule has 5 nitrogen and oxygen atoms in total. The largest absolute Gasteiger partial charge is 0.343 e. The van der Waals surface area contributed by atoms with Crippen molar-refractivity contribution in [3.8, 4) is 0 Å². The molecule has 0 fully saturated rings. The van der Waals surface area contributed by atoms with Gasteiger partial charge in [-0.1, -0.05) is 37.3 Å². The van der Waals surface area contributed by atoms with E-state index in [0.29, 0.717) is 17.8 Å². The first-order chi connectivity index (χ1) is 11.5. The summed E-state index contributed by atoms with van der Waals surface area (Å²) in [6.45, 7) is 2.07. The van der Waals surface area contributed by atoms with Crippen LogP contribution in [0.15, 0.2) is 48.7 Å². The first-order valence-electron chi connectivity index (χ1n) is 8.03. The Morgan fingerprint density at radius 3 is 2.50 bits per heavy atom. The summed E-state index contributed by atoms with van der Waals surface area (Å²) in [6, 6.07) is 13.3. The maximum atomic E-state index is 12.3. The third-order valence-corrected chi connectivity index (χ3v) is 3.86. The molecular weight excluding hydrogens is 302 g/mol. The molecule has 0 aliphatic rings. The predicted molar refractivity (Wildman–Crippen MR) is 95.0 cm³/mol. The number of pyridine rings is 1. The van der Waals surface area contributed by atoms with Gasteiger partial charge in [0.05, 0.1) is 0 Å². The van der Waals surface area contributed by atoms with E-state index in [1.165, 1.54) is 11.1 Å². The van der Waals surface area contributed by atoms with E-state index < -0.39 is 0 Å². The topological polar surface area (TPSA) is 62.3 Å². The molecule has 0 aliphatic heterocycles. The van der Waals surface area contributed by atoms with Crippen LogP contribution in [0.4, 0.5) is 5.69 Å². The monoisotopic (exact) mass is 325 g/mol. The van der Waals surface area contributed by atoms with Crippen LogP contribution in [0.25, 0.3) is 0 Å². The highest BCUT2D eigenvalue weighted by molar-refractivity contribution is 5.95. The van der Waals surface area contributed by atoms with Crippen LogP contribution in [0, 0.1) is 0 Å². The van der Waals surface area contributed by atoms with Crippen LogP contribution in [-0.2, 0) is 4.79 Å². The van der Waals surface area contributed by atoms with Crippen LogP contribution >= 0.6 is 0 Å². The van der Waals surface area contributed by atoms with Gasteiger partial charge in [-0.15, -0.1) is 0 Å². The molecule has 1 atom stereocenters. The SMILES string of the molecule is CCC(CC(=O)Nc1ccnc(C(=O)N(C)C)c1)c1ccccc1. The van der Waals surface area contributed by atoms with Gasteiger partial charge >= 0.3 is 0 Å². The number of carbonyl (C=O) groups excluding carboxylic acids is 2. The number of rotatable bonds is 6. The molecule has 5 heteroatoms. The summed E-state index contributed by atoms with van der Waals surface area (Å²) in [5, 5.41) is 2.86. The quantitative estimate of drug-likeness (QED) is 0.886. The Labute approximate surface area is 142 Å². The molecule has 0 bridgehead atoms. The fourth-order valence-electron chi connectivity index (χ4n) is 2.51. The third kappa shape index (κ3) is 4.65. The minimum Gasteiger partial charge on any atom is -0.343 e. The molecule has 0 saturated heterocycles. The average Bonchev–Trinajstić information content (AvgIpc) is 2.59. The second-order valence-corrected chi connectivity index (χ2v) is 5.90. The lowest BCUT2D eigenvalue weighted by molar-refractivity contribution is -0.116. The van der Waals surface area contributed by atoms with Crippen molar-refractivity contribution < 1.29 is 9.59 Å². The summed E-state index contributed by atoms with van der Waals surface area (Å²) >= 11 is 0. The Morgan fingerprint density at radius 1 is 1.17 bits per heavy atom. The number of carbonyl (C=O) groups is 2. The summed E-state index contributed by atoms with van der Waals surface area (Å²) in [6.07, 6.45) is 2.82. The molecular formula is C19H23N3O2. The van der Waals surface area contributed by atoms with E-state index in [2.05, 4.69) is 17.2 Å². The van der Waals surface area contributed by atoms with Crippen molar-refractivity contribution in [2.24, 2.45) is 0 Å². The number of anilines is 1. The maximum Gasteiger partial charge on any atom is 0.272 e. The molecule has 0 aliphatic carbocycles. The molecule has 1 aromatic heterocycles. The fourth-order valence-corrected chi connectivity index (χ4v) is 2.51. The Balaban J connectivity index is 2.04. The predicted octanol–water partition coefficient (Wildman–Crippen LogP) is 3.31. The van der Waals surface area contributed by atoms with Gasteiger partial charge in [0.25, 0.3) is 5.91 Å². The van der Waals surface area contributed by atoms with Gasteiger partial charge < -0.3 is 10.2 Å². The molecule has 24 heavy (non-hydrogen) atoms. The van der Waals surface area contributed by atoms with E-state index in [1.54, 1.807) is 26.2 Å². The van der Waals surface area contributed by atoms with E-state index in [-0.39, 0.29) is 17.7 Å². The number of amides is 2. The zero-order valence-electron chi connectivity index (χ0n) is 14.3. The molecule has 1 aromatic carbocycles. The highest BCUT2D eigenvalue weighted by Gasteiger charge is 2.15. The highest BCUT2D eigenvalue weighted by Crippen LogP contribution is 2.23. The lowest BCUT2D eigenvalue weighted by Crippen LogP contribution is -2.23. The summed E-state index contributed by atoms with van der Waals surface area (Å²) < 4.78 is 0. The summed E-state index contributed by atoms with van der Waals surface area (Å²) in [4.78, 5) is 29.8. The minimum absolute atomic E-state index is 0.0693. The van der Waals surface area contributed by atoms with Crippen LogP contribution in [0.2, 0.25) is 0 Å². The van der Waals surface area contributed by atoms with E-state index in [9.17, 15) is 9.59 Å². The van der Waals surface area contributed by atoms with Crippen molar-refractivity contribution >= 4 is 17.5 Å². The first kappa shape index (κ1) is 17.7. The standard InChI is InChI=1S/C19H23N3O2/c1-4-14(15-8-6-5-7-9-15)12-18(23)21-16-10-11-20-17(13-16)19(24)22(2)3/h5-11,13-14H,4,12H2,1-3H3,(H,20,21,23). The van der Waals surface area contributed by atoms with Gasteiger partial charge in [0, 0.05) is 32.4 Å². The molecule has 2 amide bonds. The van der Waals surface area contributed by atoms with Crippen LogP contribution < -0.4 is 5.32 Å². The number of hydrogen-bond acceptors (Lipinski definition) is 3. The number of aromatic nitrogens is 1. The minimum atomic E-state index is -0.193. The number of benzene rings is 1. The van der Waals surface area contributed by atoms with Crippen molar-refractivity contribution in [3.63, 3.8) is 0 Å². The van der Waals surface area contributed by atoms with Gasteiger partial charge in [-0.2, -0.15) is 0 Å². The molecule has 2 aromatic rings. The van der Waals surface area contributed by atoms with Gasteiger partial charge in [0.1, 0.15) is 5.69 Å². The molecule has 0 saturated carbocycles. The first-order valence-corrected chi connectivity index (χ1v) is 8.03. The van der Waals surface area contributed by atoms with Gasteiger partial charge in [-0.25, -0.2) is 0 Å². The van der Waals surface area contributed by atoms with Gasteiger partial charge in [-0.05, 0) is 30.0 Å². The Bertz CT molecular complexity index is 699. The second-order valence-electron chi connectivity index (χ2n) is 5.90. The second kappa shape index (κ2) is 8.24. The van der Waals surface area contributed by atoms with Crippen molar-refractivity contribution in [2.45, 2.75) is 25.7 Å². The van der Waals surface area contributed by atoms with E-state index in [4.69, 9.17) is 0 Å². The van der Waals surface area contributed by atoms with Gasteiger partial charge in [0.15, 0.2) is 0 Å². The number of nitrogens with zero attached hydrogens (tertiary/aromatic N) is 2. The van der Waals surface area contributed by atoms with E-state index in [1.807, 2.05) is 30.3 Å². The van der Waals surface area contributed by atoms with Crippen LogP contribution in [0.3, 0.4) is 0 Å². The van der Waals surface area contributed by atoms with Crippen molar-refractivity contribution in [3.05, 3.63) is 59.9 Å². The van der Waals surface area contributed by atoms with E-state index >= 15 is 0 Å². The Hall–Kier alpha value is -2.69. The van der Waals surface area contributed by atoms with Gasteiger partial charge in [0.2, 0.25) is 5.91 Å². The summed E-state index contributed by atoms with van der Waals surface area (Å²) in [5.74, 6) is -0.0853. The average molecular weight is 325 g/mol. The zero-order chi connectivity index (χ0) is 17.5. The van der Waals surface area contributed by atoms with E-state index in [0.717, 1.165) is 12.0 Å². The van der Waals surface area contributed by atoms with Crippen LogP contribution in [-0.4, -0.2) is 35.8 Å². The highest BCUT2D eigenvalue weighted by atomic mass is 16.2. The molecule has 1 heterocycles. The maximum absolute atomic E-state index is 12.3. The molecule has 126 valence electrons. The van der Waals surface area contributed by atoms with Crippen molar-refractivity contribution in [1.29, 1.82) is 0 Å². The molecule has 0 radical (unpaired) electrons. The molecule has 1 unspecified atom stereocenters. The molecule has 2 rings (SSSR count). The smallest absolute Gasteiger partial charge is 0.272 e. The lowest BCUT2D eigenvalue weighted by Gasteiger charge is -2.15. The summed E-state index contributed by atoms with van der Waals surface area (Å²) in [5.41, 5.74) is 2.06.